The average molecular weight is 346 g/mol. The summed E-state index contributed by atoms with van der Waals surface area (Å²) in [6, 6.07) is 24.1. The summed E-state index contributed by atoms with van der Waals surface area (Å²) >= 11 is 0. The monoisotopic (exact) mass is 346 g/mol. The Morgan fingerprint density at radius 2 is 1.31 bits per heavy atom. The van der Waals surface area contributed by atoms with E-state index < -0.39 is 5.92 Å². The zero-order valence-electron chi connectivity index (χ0n) is 14.3. The van der Waals surface area contributed by atoms with Gasteiger partial charge in [-0.2, -0.15) is 0 Å². The molecule has 0 spiro atoms. The lowest BCUT2D eigenvalue weighted by atomic mass is 9.86. The van der Waals surface area contributed by atoms with Gasteiger partial charge in [0.25, 0.3) is 0 Å². The van der Waals surface area contributed by atoms with Gasteiger partial charge in [-0.1, -0.05) is 60.7 Å². The lowest BCUT2D eigenvalue weighted by Gasteiger charge is -2.16. The van der Waals surface area contributed by atoms with E-state index in [0.717, 1.165) is 5.56 Å². The molecule has 0 saturated heterocycles. The molecule has 0 amide bonds. The Morgan fingerprint density at radius 1 is 0.731 bits per heavy atom. The quantitative estimate of drug-likeness (QED) is 0.555. The zero-order chi connectivity index (χ0) is 18.4. The summed E-state index contributed by atoms with van der Waals surface area (Å²) < 4.78 is 13.2. The van der Waals surface area contributed by atoms with Gasteiger partial charge in [-0.3, -0.25) is 9.59 Å². The van der Waals surface area contributed by atoms with Crippen LogP contribution in [0.5, 0.6) is 0 Å². The minimum Gasteiger partial charge on any atom is -0.294 e. The van der Waals surface area contributed by atoms with Crippen LogP contribution in [-0.4, -0.2) is 11.6 Å². The molecule has 0 heterocycles. The fourth-order valence-corrected chi connectivity index (χ4v) is 2.97. The Bertz CT molecular complexity index is 871. The van der Waals surface area contributed by atoms with Crippen molar-refractivity contribution in [2.75, 3.05) is 0 Å². The van der Waals surface area contributed by atoms with Crippen LogP contribution >= 0.6 is 0 Å². The predicted molar refractivity (Wildman–Crippen MR) is 99.8 cm³/mol. The highest BCUT2D eigenvalue weighted by atomic mass is 19.1. The first-order chi connectivity index (χ1) is 12.6. The molecule has 3 heteroatoms. The molecule has 130 valence electrons. The van der Waals surface area contributed by atoms with E-state index >= 15 is 0 Å². The molecule has 26 heavy (non-hydrogen) atoms. The van der Waals surface area contributed by atoms with Crippen molar-refractivity contribution in [1.82, 2.24) is 0 Å². The first kappa shape index (κ1) is 17.7. The van der Waals surface area contributed by atoms with Crippen molar-refractivity contribution in [3.63, 3.8) is 0 Å². The molecule has 2 nitrogen and oxygen atoms in total. The molecule has 1 atom stereocenters. The average Bonchev–Trinajstić information content (AvgIpc) is 2.69. The Kier molecular flexibility index (Phi) is 5.69. The minimum atomic E-state index is -0.490. The molecule has 0 aliphatic rings. The normalized spacial score (nSPS) is 11.7. The lowest BCUT2D eigenvalue weighted by Crippen LogP contribution is -2.21. The Hall–Kier alpha value is -3.07. The molecule has 0 radical (unpaired) electrons. The Balaban J connectivity index is 1.84. The van der Waals surface area contributed by atoms with Gasteiger partial charge in [0.15, 0.2) is 11.6 Å². The molecule has 0 aliphatic heterocycles. The smallest absolute Gasteiger partial charge is 0.166 e. The van der Waals surface area contributed by atoms with E-state index in [1.54, 1.807) is 24.3 Å². The number of carbonyl (C=O) groups excluding carboxylic acids is 2. The van der Waals surface area contributed by atoms with Gasteiger partial charge in [-0.25, -0.2) is 4.39 Å². The standard InChI is InChI=1S/C23H19FO2/c24-21-13-11-19(12-14-21)23(26)20(15-17-7-3-1-4-8-17)16-22(25)18-9-5-2-6-10-18/h1-14,20H,15-16H2. The molecule has 0 fully saturated rings. The first-order valence-corrected chi connectivity index (χ1v) is 8.55. The van der Waals surface area contributed by atoms with E-state index in [4.69, 9.17) is 0 Å². The van der Waals surface area contributed by atoms with Gasteiger partial charge in [0.1, 0.15) is 5.82 Å². The Labute approximate surface area is 152 Å². The van der Waals surface area contributed by atoms with E-state index in [1.807, 2.05) is 36.4 Å². The lowest BCUT2D eigenvalue weighted by molar-refractivity contribution is 0.0851. The summed E-state index contributed by atoms with van der Waals surface area (Å²) in [7, 11) is 0. The number of hydrogen-bond acceptors (Lipinski definition) is 2. The van der Waals surface area contributed by atoms with E-state index in [2.05, 4.69) is 0 Å². The highest BCUT2D eigenvalue weighted by Gasteiger charge is 2.24. The van der Waals surface area contributed by atoms with Crippen LogP contribution in [0.1, 0.15) is 32.7 Å². The van der Waals surface area contributed by atoms with Crippen molar-refractivity contribution in [2.24, 2.45) is 5.92 Å². The van der Waals surface area contributed by atoms with Crippen LogP contribution in [0.4, 0.5) is 4.39 Å². The van der Waals surface area contributed by atoms with E-state index in [-0.39, 0.29) is 23.8 Å². The van der Waals surface area contributed by atoms with Gasteiger partial charge in [0.05, 0.1) is 0 Å². The van der Waals surface area contributed by atoms with Crippen LogP contribution in [-0.2, 0) is 6.42 Å². The topological polar surface area (TPSA) is 34.1 Å². The molecule has 0 saturated carbocycles. The van der Waals surface area contributed by atoms with Gasteiger partial charge in [0, 0.05) is 23.5 Å². The fraction of sp³-hybridized carbons (Fsp3) is 0.130. The van der Waals surface area contributed by atoms with Crippen molar-refractivity contribution >= 4 is 11.6 Å². The number of benzene rings is 3. The second kappa shape index (κ2) is 8.34. The minimum absolute atomic E-state index is 0.0676. The van der Waals surface area contributed by atoms with Crippen molar-refractivity contribution in [3.05, 3.63) is 107 Å². The molecule has 0 aliphatic carbocycles. The second-order valence-electron chi connectivity index (χ2n) is 6.25. The molecule has 0 bridgehead atoms. The maximum Gasteiger partial charge on any atom is 0.166 e. The zero-order valence-corrected chi connectivity index (χ0v) is 14.3. The summed E-state index contributed by atoms with van der Waals surface area (Å²) in [5, 5.41) is 0. The van der Waals surface area contributed by atoms with Crippen LogP contribution in [0, 0.1) is 11.7 Å². The van der Waals surface area contributed by atoms with E-state index in [1.165, 1.54) is 24.3 Å². The van der Waals surface area contributed by atoms with Gasteiger partial charge in [0.2, 0.25) is 0 Å². The van der Waals surface area contributed by atoms with Gasteiger partial charge >= 0.3 is 0 Å². The van der Waals surface area contributed by atoms with Crippen LogP contribution < -0.4 is 0 Å². The summed E-state index contributed by atoms with van der Waals surface area (Å²) in [4.78, 5) is 25.6. The highest BCUT2D eigenvalue weighted by Crippen LogP contribution is 2.21. The van der Waals surface area contributed by atoms with Crippen molar-refractivity contribution in [3.8, 4) is 0 Å². The van der Waals surface area contributed by atoms with Crippen molar-refractivity contribution in [2.45, 2.75) is 12.8 Å². The molecule has 1 unspecified atom stereocenters. The van der Waals surface area contributed by atoms with Crippen LogP contribution in [0.2, 0.25) is 0 Å². The van der Waals surface area contributed by atoms with Gasteiger partial charge in [-0.05, 0) is 36.2 Å². The highest BCUT2D eigenvalue weighted by molar-refractivity contribution is 6.03. The molecule has 0 N–H and O–H groups in total. The summed E-state index contributed by atoms with van der Waals surface area (Å²) in [6.45, 7) is 0. The molecular formula is C23H19FO2. The van der Waals surface area contributed by atoms with Crippen molar-refractivity contribution in [1.29, 1.82) is 0 Å². The summed E-state index contributed by atoms with van der Waals surface area (Å²) in [6.07, 6.45) is 0.588. The summed E-state index contributed by atoms with van der Waals surface area (Å²) in [5.74, 6) is -1.09. The third-order valence-corrected chi connectivity index (χ3v) is 4.35. The van der Waals surface area contributed by atoms with Crippen LogP contribution in [0.3, 0.4) is 0 Å². The number of rotatable bonds is 7. The maximum atomic E-state index is 13.2. The van der Waals surface area contributed by atoms with Crippen LogP contribution in [0.25, 0.3) is 0 Å². The molecule has 3 aromatic carbocycles. The SMILES string of the molecule is O=C(CC(Cc1ccccc1)C(=O)c1ccc(F)cc1)c1ccccc1. The molecule has 3 rings (SSSR count). The summed E-state index contributed by atoms with van der Waals surface area (Å²) in [5.41, 5.74) is 2.01. The third-order valence-electron chi connectivity index (χ3n) is 4.35. The number of hydrogen-bond donors (Lipinski definition) is 0. The largest absolute Gasteiger partial charge is 0.294 e. The van der Waals surface area contributed by atoms with Crippen LogP contribution in [0.15, 0.2) is 84.9 Å². The predicted octanol–water partition coefficient (Wildman–Crippen LogP) is 5.14. The number of ketones is 2. The Morgan fingerprint density at radius 3 is 1.92 bits per heavy atom. The maximum absolute atomic E-state index is 13.2. The van der Waals surface area contributed by atoms with Gasteiger partial charge in [-0.15, -0.1) is 0 Å². The third kappa shape index (κ3) is 4.51. The first-order valence-electron chi connectivity index (χ1n) is 8.55. The second-order valence-corrected chi connectivity index (χ2v) is 6.25. The number of Topliss-reactive ketones (excluding diaryl/α,β-unsaturated/α-hetero) is 2. The molecular weight excluding hydrogens is 327 g/mol. The fourth-order valence-electron chi connectivity index (χ4n) is 2.97. The van der Waals surface area contributed by atoms with E-state index in [9.17, 15) is 14.0 Å². The van der Waals surface area contributed by atoms with E-state index in [0.29, 0.717) is 17.5 Å². The van der Waals surface area contributed by atoms with Gasteiger partial charge < -0.3 is 0 Å². The van der Waals surface area contributed by atoms with Crippen molar-refractivity contribution < 1.29 is 14.0 Å². The molecule has 0 aromatic heterocycles. The number of carbonyl (C=O) groups is 2. The molecule has 3 aromatic rings. The number of halogens is 1.